The molecule has 0 atom stereocenters. The first kappa shape index (κ1) is 9.98. The molecule has 0 saturated carbocycles. The van der Waals surface area contributed by atoms with Gasteiger partial charge < -0.3 is 0 Å². The molecule has 0 bridgehead atoms. The van der Waals surface area contributed by atoms with Crippen LogP contribution < -0.4 is 0 Å². The van der Waals surface area contributed by atoms with Crippen LogP contribution in [0.2, 0.25) is 0 Å². The topological polar surface area (TPSA) is 42.9 Å². The second-order valence-corrected chi connectivity index (χ2v) is 4.22. The van der Waals surface area contributed by atoms with E-state index in [4.69, 9.17) is 0 Å². The van der Waals surface area contributed by atoms with Gasteiger partial charge in [-0.2, -0.15) is 0 Å². The number of thiazole rings is 1. The van der Waals surface area contributed by atoms with Gasteiger partial charge in [0.2, 0.25) is 0 Å². The van der Waals surface area contributed by atoms with Crippen molar-refractivity contribution in [1.29, 1.82) is 0 Å². The molecule has 0 aliphatic carbocycles. The number of pyridine rings is 1. The van der Waals surface area contributed by atoms with Gasteiger partial charge in [0.05, 0.1) is 5.69 Å². The average Bonchev–Trinajstić information content (AvgIpc) is 2.64. The lowest BCUT2D eigenvalue weighted by atomic mass is 10.2. The molecular weight excluding hydrogens is 208 g/mol. The summed E-state index contributed by atoms with van der Waals surface area (Å²) in [6.07, 6.45) is 0.753. The van der Waals surface area contributed by atoms with Crippen molar-refractivity contribution >= 4 is 17.6 Å². The van der Waals surface area contributed by atoms with Crippen molar-refractivity contribution in [2.75, 3.05) is 0 Å². The summed E-state index contributed by atoms with van der Waals surface area (Å²) in [6, 6.07) is 3.98. The van der Waals surface area contributed by atoms with E-state index in [1.54, 1.807) is 5.38 Å². The van der Waals surface area contributed by atoms with E-state index in [9.17, 15) is 4.79 Å². The number of nitrogens with zero attached hydrogens (tertiary/aromatic N) is 2. The van der Waals surface area contributed by atoms with E-state index in [1.807, 2.05) is 26.0 Å². The number of aldehydes is 1. The van der Waals surface area contributed by atoms with Crippen LogP contribution in [-0.2, 0) is 0 Å². The molecule has 76 valence electrons. The number of hydrogen-bond acceptors (Lipinski definition) is 4. The number of hydrogen-bond donors (Lipinski definition) is 0. The molecule has 0 aliphatic rings. The highest BCUT2D eigenvalue weighted by molar-refractivity contribution is 7.13. The van der Waals surface area contributed by atoms with Gasteiger partial charge in [-0.25, -0.2) is 4.98 Å². The molecule has 0 fully saturated rings. The summed E-state index contributed by atoms with van der Waals surface area (Å²) in [6.45, 7) is 3.97. The highest BCUT2D eigenvalue weighted by Gasteiger charge is 2.06. The summed E-state index contributed by atoms with van der Waals surface area (Å²) in [4.78, 5) is 19.1. The van der Waals surface area contributed by atoms with Crippen molar-refractivity contribution in [2.45, 2.75) is 13.8 Å². The predicted octanol–water partition coefficient (Wildman–Crippen LogP) is 2.63. The summed E-state index contributed by atoms with van der Waals surface area (Å²) in [5.74, 6) is 0. The first-order chi connectivity index (χ1) is 7.19. The minimum atomic E-state index is 0.468. The van der Waals surface area contributed by atoms with Gasteiger partial charge in [0, 0.05) is 11.1 Å². The molecule has 2 rings (SSSR count). The van der Waals surface area contributed by atoms with Crippen molar-refractivity contribution in [2.24, 2.45) is 0 Å². The molecular formula is C11H10N2OS. The first-order valence-electron chi connectivity index (χ1n) is 4.55. The molecule has 0 unspecified atom stereocenters. The van der Waals surface area contributed by atoms with Crippen molar-refractivity contribution < 1.29 is 4.79 Å². The Bertz CT molecular complexity index is 485. The van der Waals surface area contributed by atoms with Gasteiger partial charge in [0.15, 0.2) is 6.29 Å². The fourth-order valence-corrected chi connectivity index (χ4v) is 2.13. The lowest BCUT2D eigenvalue weighted by Crippen LogP contribution is -1.89. The van der Waals surface area contributed by atoms with E-state index in [1.165, 1.54) is 11.3 Å². The van der Waals surface area contributed by atoms with E-state index in [0.717, 1.165) is 28.2 Å². The van der Waals surface area contributed by atoms with E-state index >= 15 is 0 Å². The maximum absolute atomic E-state index is 10.5. The largest absolute Gasteiger partial charge is 0.296 e. The van der Waals surface area contributed by atoms with E-state index in [2.05, 4.69) is 9.97 Å². The lowest BCUT2D eigenvalue weighted by Gasteiger charge is -1.99. The zero-order valence-corrected chi connectivity index (χ0v) is 9.34. The summed E-state index contributed by atoms with van der Waals surface area (Å²) in [5.41, 5.74) is 3.43. The van der Waals surface area contributed by atoms with Gasteiger partial charge in [0.1, 0.15) is 10.7 Å². The molecule has 2 aromatic rings. The highest BCUT2D eigenvalue weighted by Crippen LogP contribution is 2.22. The summed E-state index contributed by atoms with van der Waals surface area (Å²) in [5, 5.41) is 2.53. The molecule has 0 N–H and O–H groups in total. The quantitative estimate of drug-likeness (QED) is 0.728. The maximum Gasteiger partial charge on any atom is 0.169 e. The third-order valence-electron chi connectivity index (χ3n) is 1.96. The van der Waals surface area contributed by atoms with Gasteiger partial charge in [-0.05, 0) is 31.5 Å². The van der Waals surface area contributed by atoms with Crippen LogP contribution in [0.4, 0.5) is 0 Å². The third-order valence-corrected chi connectivity index (χ3v) is 2.84. The summed E-state index contributed by atoms with van der Waals surface area (Å²) < 4.78 is 0. The van der Waals surface area contributed by atoms with Gasteiger partial charge >= 0.3 is 0 Å². The van der Waals surface area contributed by atoms with E-state index in [0.29, 0.717) is 5.69 Å². The Kier molecular flexibility index (Phi) is 2.60. The van der Waals surface area contributed by atoms with Crippen LogP contribution in [-0.4, -0.2) is 16.3 Å². The Morgan fingerprint density at radius 1 is 1.27 bits per heavy atom. The molecule has 0 aliphatic heterocycles. The van der Waals surface area contributed by atoms with Crippen molar-refractivity contribution in [3.05, 3.63) is 34.5 Å². The fraction of sp³-hybridized carbons (Fsp3) is 0.182. The monoisotopic (exact) mass is 218 g/mol. The number of aryl methyl sites for hydroxylation is 2. The minimum Gasteiger partial charge on any atom is -0.296 e. The van der Waals surface area contributed by atoms with Gasteiger partial charge in [-0.1, -0.05) is 0 Å². The maximum atomic E-state index is 10.5. The standard InChI is InChI=1S/C11H10N2OS/c1-7-3-8(2)12-10(4-7)11-13-9(5-14)6-15-11/h3-6H,1-2H3. The predicted molar refractivity (Wildman–Crippen MR) is 60.2 cm³/mol. The van der Waals surface area contributed by atoms with Crippen molar-refractivity contribution in [3.63, 3.8) is 0 Å². The normalized spacial score (nSPS) is 10.3. The lowest BCUT2D eigenvalue weighted by molar-refractivity contribution is 0.111. The fourth-order valence-electron chi connectivity index (χ4n) is 1.41. The van der Waals surface area contributed by atoms with Crippen molar-refractivity contribution in [1.82, 2.24) is 9.97 Å². The zero-order valence-electron chi connectivity index (χ0n) is 8.52. The minimum absolute atomic E-state index is 0.468. The molecule has 0 spiro atoms. The zero-order chi connectivity index (χ0) is 10.8. The second-order valence-electron chi connectivity index (χ2n) is 3.37. The average molecular weight is 218 g/mol. The van der Waals surface area contributed by atoms with Crippen LogP contribution in [0.25, 0.3) is 10.7 Å². The smallest absolute Gasteiger partial charge is 0.169 e. The number of carbonyl (C=O) groups is 1. The molecule has 0 saturated heterocycles. The molecule has 0 amide bonds. The Labute approximate surface area is 91.8 Å². The van der Waals surface area contributed by atoms with Gasteiger partial charge in [-0.3, -0.25) is 9.78 Å². The third kappa shape index (κ3) is 2.10. The molecule has 0 aromatic carbocycles. The van der Waals surface area contributed by atoms with E-state index < -0.39 is 0 Å². The number of carbonyl (C=O) groups excluding carboxylic acids is 1. The number of aromatic nitrogens is 2. The molecule has 3 nitrogen and oxygen atoms in total. The molecule has 4 heteroatoms. The number of rotatable bonds is 2. The van der Waals surface area contributed by atoms with Crippen LogP contribution >= 0.6 is 11.3 Å². The van der Waals surface area contributed by atoms with Gasteiger partial charge in [0.25, 0.3) is 0 Å². The Morgan fingerprint density at radius 2 is 2.07 bits per heavy atom. The Balaban J connectivity index is 2.48. The SMILES string of the molecule is Cc1cc(C)nc(-c2nc(C=O)cs2)c1. The molecule has 2 aromatic heterocycles. The van der Waals surface area contributed by atoms with Crippen LogP contribution in [0.5, 0.6) is 0 Å². The molecule has 2 heterocycles. The Hall–Kier alpha value is -1.55. The molecule has 0 radical (unpaired) electrons. The van der Waals surface area contributed by atoms with Crippen LogP contribution in [0, 0.1) is 13.8 Å². The first-order valence-corrected chi connectivity index (χ1v) is 5.43. The Morgan fingerprint density at radius 3 is 2.67 bits per heavy atom. The highest BCUT2D eigenvalue weighted by atomic mass is 32.1. The summed E-state index contributed by atoms with van der Waals surface area (Å²) in [7, 11) is 0. The van der Waals surface area contributed by atoms with Crippen LogP contribution in [0.15, 0.2) is 17.5 Å². The van der Waals surface area contributed by atoms with Crippen LogP contribution in [0.3, 0.4) is 0 Å². The van der Waals surface area contributed by atoms with Crippen LogP contribution in [0.1, 0.15) is 21.7 Å². The molecule has 15 heavy (non-hydrogen) atoms. The van der Waals surface area contributed by atoms with Crippen molar-refractivity contribution in [3.8, 4) is 10.7 Å². The van der Waals surface area contributed by atoms with E-state index in [-0.39, 0.29) is 0 Å². The second kappa shape index (κ2) is 3.90. The summed E-state index contributed by atoms with van der Waals surface area (Å²) >= 11 is 1.44. The van der Waals surface area contributed by atoms with Gasteiger partial charge in [-0.15, -0.1) is 11.3 Å².